The molecule has 0 bridgehead atoms. The zero-order valence-electron chi connectivity index (χ0n) is 10.5. The van der Waals surface area contributed by atoms with Crippen molar-refractivity contribution in [1.82, 2.24) is 10.1 Å². The molecule has 1 aliphatic heterocycles. The highest BCUT2D eigenvalue weighted by Gasteiger charge is 2.28. The van der Waals surface area contributed by atoms with Crippen molar-refractivity contribution in [2.75, 3.05) is 31.3 Å². The molecule has 2 N–H and O–H groups in total. The maximum atomic E-state index is 5.34. The number of aromatic nitrogens is 2. The van der Waals surface area contributed by atoms with Gasteiger partial charge in [-0.15, -0.1) is 11.8 Å². The first-order valence-electron chi connectivity index (χ1n) is 6.14. The summed E-state index contributed by atoms with van der Waals surface area (Å²) in [6, 6.07) is 0. The van der Waals surface area contributed by atoms with Crippen molar-refractivity contribution in [2.24, 2.45) is 5.73 Å². The van der Waals surface area contributed by atoms with Crippen LogP contribution in [0.1, 0.15) is 23.9 Å². The molecule has 0 spiro atoms. The van der Waals surface area contributed by atoms with Crippen molar-refractivity contribution in [3.63, 3.8) is 0 Å². The van der Waals surface area contributed by atoms with Crippen LogP contribution in [0.5, 0.6) is 0 Å². The summed E-state index contributed by atoms with van der Waals surface area (Å²) in [4.78, 5) is 4.46. The van der Waals surface area contributed by atoms with Crippen LogP contribution in [0.25, 0.3) is 0 Å². The second-order valence-electron chi connectivity index (χ2n) is 4.06. The van der Waals surface area contributed by atoms with Gasteiger partial charge in [0.15, 0.2) is 5.82 Å². The zero-order chi connectivity index (χ0) is 12.8. The molecule has 0 amide bonds. The molecule has 2 rings (SSSR count). The lowest BCUT2D eigenvalue weighted by molar-refractivity contribution is 0.138. The van der Waals surface area contributed by atoms with E-state index in [2.05, 4.69) is 17.1 Å². The van der Waals surface area contributed by atoms with E-state index in [4.69, 9.17) is 15.0 Å². The van der Waals surface area contributed by atoms with Crippen molar-refractivity contribution in [3.8, 4) is 0 Å². The molecule has 7 heteroatoms. The van der Waals surface area contributed by atoms with Crippen molar-refractivity contribution in [2.45, 2.75) is 23.8 Å². The van der Waals surface area contributed by atoms with E-state index in [1.807, 2.05) is 23.5 Å². The SMILES string of the molecule is CC1SCCSC1c1noc(CCOCCN)n1. The number of nitrogens with zero attached hydrogens (tertiary/aromatic N) is 2. The molecule has 0 aliphatic carbocycles. The van der Waals surface area contributed by atoms with E-state index in [9.17, 15) is 0 Å². The number of hydrogen-bond donors (Lipinski definition) is 1. The Kier molecular flexibility index (Phi) is 5.81. The Morgan fingerprint density at radius 2 is 2.22 bits per heavy atom. The van der Waals surface area contributed by atoms with Crippen LogP contribution in [0.3, 0.4) is 0 Å². The van der Waals surface area contributed by atoms with Gasteiger partial charge in [0.1, 0.15) is 0 Å². The van der Waals surface area contributed by atoms with Crippen LogP contribution in [-0.4, -0.2) is 46.7 Å². The van der Waals surface area contributed by atoms with Crippen molar-refractivity contribution >= 4 is 23.5 Å². The molecule has 0 saturated carbocycles. The van der Waals surface area contributed by atoms with E-state index in [1.54, 1.807) is 0 Å². The van der Waals surface area contributed by atoms with Gasteiger partial charge in [0.25, 0.3) is 0 Å². The van der Waals surface area contributed by atoms with Crippen molar-refractivity contribution < 1.29 is 9.26 Å². The Labute approximate surface area is 116 Å². The topological polar surface area (TPSA) is 74.2 Å². The molecule has 1 fully saturated rings. The highest BCUT2D eigenvalue weighted by Crippen LogP contribution is 2.41. The molecule has 2 heterocycles. The maximum Gasteiger partial charge on any atom is 0.229 e. The third-order valence-electron chi connectivity index (χ3n) is 2.65. The van der Waals surface area contributed by atoms with Gasteiger partial charge in [0, 0.05) is 23.3 Å². The molecule has 2 atom stereocenters. The maximum absolute atomic E-state index is 5.34. The third-order valence-corrected chi connectivity index (χ3v) is 5.74. The lowest BCUT2D eigenvalue weighted by atomic mass is 10.3. The second kappa shape index (κ2) is 7.37. The van der Waals surface area contributed by atoms with Gasteiger partial charge in [-0.1, -0.05) is 12.1 Å². The number of nitrogens with two attached hydrogens (primary N) is 1. The average Bonchev–Trinajstić information content (AvgIpc) is 2.84. The summed E-state index contributed by atoms with van der Waals surface area (Å²) in [6.07, 6.45) is 0.659. The summed E-state index contributed by atoms with van der Waals surface area (Å²) >= 11 is 3.89. The van der Waals surface area contributed by atoms with Crippen LogP contribution < -0.4 is 5.73 Å². The van der Waals surface area contributed by atoms with Crippen LogP contribution in [0.15, 0.2) is 4.52 Å². The molecule has 18 heavy (non-hydrogen) atoms. The monoisotopic (exact) mass is 289 g/mol. The Morgan fingerprint density at radius 1 is 1.39 bits per heavy atom. The van der Waals surface area contributed by atoms with Gasteiger partial charge in [-0.2, -0.15) is 16.7 Å². The largest absolute Gasteiger partial charge is 0.380 e. The summed E-state index contributed by atoms with van der Waals surface area (Å²) in [7, 11) is 0. The average molecular weight is 289 g/mol. The van der Waals surface area contributed by atoms with Gasteiger partial charge in [-0.3, -0.25) is 0 Å². The molecule has 5 nitrogen and oxygen atoms in total. The summed E-state index contributed by atoms with van der Waals surface area (Å²) in [6.45, 7) is 3.93. The zero-order valence-corrected chi connectivity index (χ0v) is 12.1. The summed E-state index contributed by atoms with van der Waals surface area (Å²) < 4.78 is 10.6. The lowest BCUT2D eigenvalue weighted by Gasteiger charge is -2.24. The Hall–Kier alpha value is -0.240. The molecular formula is C11H19N3O2S2. The van der Waals surface area contributed by atoms with Crippen molar-refractivity contribution in [3.05, 3.63) is 11.7 Å². The Bertz CT molecular complexity index is 362. The van der Waals surface area contributed by atoms with Gasteiger partial charge in [0.2, 0.25) is 5.89 Å². The standard InChI is InChI=1S/C11H19N3O2S2/c1-8-10(18-7-6-17-8)11-13-9(16-14-11)2-4-15-5-3-12/h8,10H,2-7,12H2,1H3. The van der Waals surface area contributed by atoms with Crippen LogP contribution >= 0.6 is 23.5 Å². The number of thioether (sulfide) groups is 2. The normalized spacial score (nSPS) is 24.3. The van der Waals surface area contributed by atoms with Crippen LogP contribution in [0.4, 0.5) is 0 Å². The van der Waals surface area contributed by atoms with Crippen LogP contribution in [-0.2, 0) is 11.2 Å². The van der Waals surface area contributed by atoms with Gasteiger partial charge < -0.3 is 15.0 Å². The first-order chi connectivity index (χ1) is 8.81. The third kappa shape index (κ3) is 3.88. The minimum atomic E-state index is 0.353. The molecule has 1 saturated heterocycles. The van der Waals surface area contributed by atoms with E-state index in [0.29, 0.717) is 42.6 Å². The minimum Gasteiger partial charge on any atom is -0.380 e. The number of ether oxygens (including phenoxy) is 1. The second-order valence-corrected chi connectivity index (χ2v) is 6.80. The fourth-order valence-electron chi connectivity index (χ4n) is 1.75. The molecule has 1 aromatic rings. The van der Waals surface area contributed by atoms with E-state index in [0.717, 1.165) is 11.6 Å². The Morgan fingerprint density at radius 3 is 3.00 bits per heavy atom. The molecular weight excluding hydrogens is 270 g/mol. The molecule has 0 radical (unpaired) electrons. The van der Waals surface area contributed by atoms with E-state index >= 15 is 0 Å². The van der Waals surface area contributed by atoms with E-state index in [-0.39, 0.29) is 0 Å². The number of hydrogen-bond acceptors (Lipinski definition) is 7. The quantitative estimate of drug-likeness (QED) is 0.795. The van der Waals surface area contributed by atoms with E-state index in [1.165, 1.54) is 5.75 Å². The molecule has 1 aliphatic rings. The summed E-state index contributed by atoms with van der Waals surface area (Å²) in [5, 5.41) is 4.99. The smallest absolute Gasteiger partial charge is 0.229 e. The summed E-state index contributed by atoms with van der Waals surface area (Å²) in [5.74, 6) is 3.85. The molecule has 102 valence electrons. The van der Waals surface area contributed by atoms with Gasteiger partial charge in [-0.05, 0) is 0 Å². The molecule has 0 aromatic carbocycles. The molecule has 2 unspecified atom stereocenters. The summed E-state index contributed by atoms with van der Waals surface area (Å²) in [5.41, 5.74) is 5.34. The first-order valence-corrected chi connectivity index (χ1v) is 8.24. The minimum absolute atomic E-state index is 0.353. The van der Waals surface area contributed by atoms with Gasteiger partial charge >= 0.3 is 0 Å². The highest BCUT2D eigenvalue weighted by molar-refractivity contribution is 8.06. The fourth-order valence-corrected chi connectivity index (χ4v) is 4.43. The predicted molar refractivity (Wildman–Crippen MR) is 75.0 cm³/mol. The molecule has 1 aromatic heterocycles. The fraction of sp³-hybridized carbons (Fsp3) is 0.818. The first kappa shape index (κ1) is 14.2. The van der Waals surface area contributed by atoms with Crippen LogP contribution in [0.2, 0.25) is 0 Å². The number of rotatable bonds is 6. The van der Waals surface area contributed by atoms with Crippen molar-refractivity contribution in [1.29, 1.82) is 0 Å². The van der Waals surface area contributed by atoms with Crippen LogP contribution in [0, 0.1) is 0 Å². The lowest BCUT2D eigenvalue weighted by Crippen LogP contribution is -2.17. The predicted octanol–water partition coefficient (Wildman–Crippen LogP) is 1.50. The Balaban J connectivity index is 1.85. The highest BCUT2D eigenvalue weighted by atomic mass is 32.2. The van der Waals surface area contributed by atoms with E-state index < -0.39 is 0 Å². The van der Waals surface area contributed by atoms with Gasteiger partial charge in [-0.25, -0.2) is 0 Å². The van der Waals surface area contributed by atoms with Gasteiger partial charge in [0.05, 0.1) is 24.9 Å².